The molecule has 3 rings (SSSR count). The van der Waals surface area contributed by atoms with E-state index < -0.39 is 23.9 Å². The second-order valence-corrected chi connectivity index (χ2v) is 6.70. The molecule has 1 heterocycles. The molecule has 0 saturated carbocycles. The van der Waals surface area contributed by atoms with Crippen molar-refractivity contribution in [2.45, 2.75) is 19.4 Å². The summed E-state index contributed by atoms with van der Waals surface area (Å²) in [6.07, 6.45) is -0.483. The predicted molar refractivity (Wildman–Crippen MR) is 101 cm³/mol. The van der Waals surface area contributed by atoms with Crippen LogP contribution in [0.4, 0.5) is 5.69 Å². The molecule has 1 N–H and O–H groups in total. The number of carbonyl (C=O) groups excluding carboxylic acids is 2. The Kier molecular flexibility index (Phi) is 5.86. The molecule has 1 aliphatic rings. The maximum atomic E-state index is 12.4. The quantitative estimate of drug-likeness (QED) is 0.792. The number of esters is 1. The van der Waals surface area contributed by atoms with Gasteiger partial charge in [0.15, 0.2) is 6.10 Å². The van der Waals surface area contributed by atoms with E-state index in [0.717, 1.165) is 5.56 Å². The molecule has 2 atom stereocenters. The first-order valence-electron chi connectivity index (χ1n) is 8.53. The van der Waals surface area contributed by atoms with Crippen LogP contribution in [0.25, 0.3) is 0 Å². The highest BCUT2D eigenvalue weighted by atomic mass is 35.5. The minimum absolute atomic E-state index is 0.206. The molecule has 0 fully saturated rings. The SMILES string of the molecule is COc1cccc(NC(=O)[C@@H](C)OC(=O)[C@H]2COc3ccc(Cl)cc3C2)c1. The Morgan fingerprint density at radius 3 is 2.85 bits per heavy atom. The second kappa shape index (κ2) is 8.31. The zero-order valence-corrected chi connectivity index (χ0v) is 15.8. The summed E-state index contributed by atoms with van der Waals surface area (Å²) in [5, 5.41) is 3.28. The van der Waals surface area contributed by atoms with Gasteiger partial charge in [0.1, 0.15) is 18.1 Å². The van der Waals surface area contributed by atoms with E-state index in [-0.39, 0.29) is 6.61 Å². The Morgan fingerprint density at radius 1 is 1.26 bits per heavy atom. The van der Waals surface area contributed by atoms with E-state index in [1.807, 2.05) is 0 Å². The van der Waals surface area contributed by atoms with Gasteiger partial charge in [0.05, 0.1) is 13.0 Å². The lowest BCUT2D eigenvalue weighted by atomic mass is 9.97. The Bertz CT molecular complexity index is 854. The number of methoxy groups -OCH3 is 1. The van der Waals surface area contributed by atoms with E-state index in [1.54, 1.807) is 49.6 Å². The summed E-state index contributed by atoms with van der Waals surface area (Å²) in [5.74, 6) is -0.0462. The lowest BCUT2D eigenvalue weighted by Crippen LogP contribution is -2.36. The Hall–Kier alpha value is -2.73. The lowest BCUT2D eigenvalue weighted by molar-refractivity contribution is -0.158. The molecule has 0 bridgehead atoms. The fraction of sp³-hybridized carbons (Fsp3) is 0.300. The molecule has 2 aromatic rings. The molecule has 0 aromatic heterocycles. The van der Waals surface area contributed by atoms with Gasteiger partial charge in [-0.2, -0.15) is 0 Å². The van der Waals surface area contributed by atoms with Crippen molar-refractivity contribution in [3.63, 3.8) is 0 Å². The molecule has 0 unspecified atom stereocenters. The average Bonchev–Trinajstić information content (AvgIpc) is 2.67. The summed E-state index contributed by atoms with van der Waals surface area (Å²) in [6, 6.07) is 12.2. The summed E-state index contributed by atoms with van der Waals surface area (Å²) in [5.41, 5.74) is 1.41. The van der Waals surface area contributed by atoms with Gasteiger partial charge in [0.25, 0.3) is 5.91 Å². The third kappa shape index (κ3) is 4.71. The molecule has 2 aromatic carbocycles. The first-order valence-corrected chi connectivity index (χ1v) is 8.90. The van der Waals surface area contributed by atoms with Crippen LogP contribution in [0.3, 0.4) is 0 Å². The van der Waals surface area contributed by atoms with Crippen LogP contribution >= 0.6 is 11.6 Å². The van der Waals surface area contributed by atoms with Crippen LogP contribution in [0.15, 0.2) is 42.5 Å². The zero-order valence-electron chi connectivity index (χ0n) is 15.0. The smallest absolute Gasteiger partial charge is 0.313 e. The van der Waals surface area contributed by atoms with E-state index in [4.69, 9.17) is 25.8 Å². The first kappa shape index (κ1) is 19.0. The number of hydrogen-bond acceptors (Lipinski definition) is 5. The highest BCUT2D eigenvalue weighted by molar-refractivity contribution is 6.30. The number of fused-ring (bicyclic) bond motifs is 1. The maximum Gasteiger partial charge on any atom is 0.313 e. The minimum atomic E-state index is -0.940. The van der Waals surface area contributed by atoms with Gasteiger partial charge in [-0.1, -0.05) is 17.7 Å². The monoisotopic (exact) mass is 389 g/mol. The van der Waals surface area contributed by atoms with Crippen LogP contribution in [0.1, 0.15) is 12.5 Å². The second-order valence-electron chi connectivity index (χ2n) is 6.26. The van der Waals surface area contributed by atoms with Gasteiger partial charge in [-0.25, -0.2) is 0 Å². The summed E-state index contributed by atoms with van der Waals surface area (Å²) in [7, 11) is 1.54. The predicted octanol–water partition coefficient (Wildman–Crippen LogP) is 3.47. The zero-order chi connectivity index (χ0) is 19.4. The number of anilines is 1. The Balaban J connectivity index is 1.57. The molecule has 0 spiro atoms. The maximum absolute atomic E-state index is 12.4. The van der Waals surface area contributed by atoms with Gasteiger partial charge in [-0.05, 0) is 49.2 Å². The van der Waals surface area contributed by atoms with Crippen molar-refractivity contribution < 1.29 is 23.8 Å². The molecule has 1 aliphatic heterocycles. The molecule has 0 aliphatic carbocycles. The van der Waals surface area contributed by atoms with Crippen LogP contribution in [0.2, 0.25) is 5.02 Å². The number of rotatable bonds is 5. The Morgan fingerprint density at radius 2 is 2.07 bits per heavy atom. The molecule has 6 nitrogen and oxygen atoms in total. The van der Waals surface area contributed by atoms with Crippen LogP contribution in [0, 0.1) is 5.92 Å². The van der Waals surface area contributed by atoms with E-state index in [9.17, 15) is 9.59 Å². The van der Waals surface area contributed by atoms with Crippen molar-refractivity contribution in [1.82, 2.24) is 0 Å². The molecule has 1 amide bonds. The fourth-order valence-electron chi connectivity index (χ4n) is 2.78. The van der Waals surface area contributed by atoms with Gasteiger partial charge >= 0.3 is 5.97 Å². The topological polar surface area (TPSA) is 73.9 Å². The largest absolute Gasteiger partial charge is 0.497 e. The highest BCUT2D eigenvalue weighted by Crippen LogP contribution is 2.30. The van der Waals surface area contributed by atoms with E-state index in [1.165, 1.54) is 6.92 Å². The first-order chi connectivity index (χ1) is 13.0. The summed E-state index contributed by atoms with van der Waals surface area (Å²) >= 11 is 5.99. The normalized spacial score (nSPS) is 16.5. The molecule has 27 heavy (non-hydrogen) atoms. The van der Waals surface area contributed by atoms with Gasteiger partial charge in [-0.3, -0.25) is 9.59 Å². The number of nitrogens with one attached hydrogen (secondary N) is 1. The van der Waals surface area contributed by atoms with Gasteiger partial charge in [-0.15, -0.1) is 0 Å². The van der Waals surface area contributed by atoms with Crippen molar-refractivity contribution in [2.75, 3.05) is 19.0 Å². The van der Waals surface area contributed by atoms with Gasteiger partial charge in [0.2, 0.25) is 0 Å². The standard InChI is InChI=1S/C20H20ClNO5/c1-12(19(23)22-16-4-3-5-17(10-16)25-2)27-20(24)14-8-13-9-15(21)6-7-18(13)26-11-14/h3-7,9-10,12,14H,8,11H2,1-2H3,(H,22,23)/t12-,14-/m1/s1. The molecular formula is C20H20ClNO5. The summed E-state index contributed by atoms with van der Waals surface area (Å²) < 4.78 is 16.0. The van der Waals surface area contributed by atoms with Crippen molar-refractivity contribution in [3.8, 4) is 11.5 Å². The van der Waals surface area contributed by atoms with Crippen molar-refractivity contribution >= 4 is 29.2 Å². The number of ether oxygens (including phenoxy) is 3. The lowest BCUT2D eigenvalue weighted by Gasteiger charge is -2.25. The molecule has 0 saturated heterocycles. The van der Waals surface area contributed by atoms with Crippen molar-refractivity contribution in [2.24, 2.45) is 5.92 Å². The average molecular weight is 390 g/mol. The van der Waals surface area contributed by atoms with E-state index in [2.05, 4.69) is 5.32 Å². The number of carbonyl (C=O) groups is 2. The van der Waals surface area contributed by atoms with Gasteiger partial charge < -0.3 is 19.5 Å². The Labute approximate surface area is 162 Å². The molecule has 0 radical (unpaired) electrons. The van der Waals surface area contributed by atoms with E-state index in [0.29, 0.717) is 28.6 Å². The number of benzene rings is 2. The fourth-order valence-corrected chi connectivity index (χ4v) is 2.98. The van der Waals surface area contributed by atoms with Crippen LogP contribution in [-0.4, -0.2) is 31.7 Å². The molecular weight excluding hydrogens is 370 g/mol. The van der Waals surface area contributed by atoms with Crippen molar-refractivity contribution in [1.29, 1.82) is 0 Å². The third-order valence-corrected chi connectivity index (χ3v) is 4.50. The van der Waals surface area contributed by atoms with Crippen molar-refractivity contribution in [3.05, 3.63) is 53.1 Å². The van der Waals surface area contributed by atoms with Crippen LogP contribution in [-0.2, 0) is 20.7 Å². The summed E-state index contributed by atoms with van der Waals surface area (Å²) in [4.78, 5) is 24.7. The number of amides is 1. The molecule has 142 valence electrons. The van der Waals surface area contributed by atoms with Crippen LogP contribution in [0.5, 0.6) is 11.5 Å². The number of halogens is 1. The third-order valence-electron chi connectivity index (χ3n) is 4.26. The van der Waals surface area contributed by atoms with Gasteiger partial charge in [0, 0.05) is 16.8 Å². The number of hydrogen-bond donors (Lipinski definition) is 1. The highest BCUT2D eigenvalue weighted by Gasteiger charge is 2.30. The summed E-state index contributed by atoms with van der Waals surface area (Å²) in [6.45, 7) is 1.74. The van der Waals surface area contributed by atoms with Crippen LogP contribution < -0.4 is 14.8 Å². The molecule has 7 heteroatoms. The van der Waals surface area contributed by atoms with E-state index >= 15 is 0 Å². The minimum Gasteiger partial charge on any atom is -0.497 e.